The van der Waals surface area contributed by atoms with Crippen molar-refractivity contribution in [1.82, 2.24) is 14.9 Å². The van der Waals surface area contributed by atoms with Gasteiger partial charge in [0.2, 0.25) is 5.95 Å². The van der Waals surface area contributed by atoms with E-state index in [1.165, 1.54) is 63.6 Å². The van der Waals surface area contributed by atoms with Crippen LogP contribution >= 0.6 is 0 Å². The van der Waals surface area contributed by atoms with E-state index >= 15 is 0 Å². The minimum Gasteiger partial charge on any atom is -0.355 e. The summed E-state index contributed by atoms with van der Waals surface area (Å²) in [4.78, 5) is 14.5. The van der Waals surface area contributed by atoms with Crippen LogP contribution in [0.25, 0.3) is 0 Å². The van der Waals surface area contributed by atoms with E-state index in [0.717, 1.165) is 22.6 Å². The Morgan fingerprint density at radius 3 is 2.77 bits per heavy atom. The molecule has 1 saturated carbocycles. The van der Waals surface area contributed by atoms with E-state index in [0.29, 0.717) is 23.9 Å². The van der Waals surface area contributed by atoms with Gasteiger partial charge in [0.05, 0.1) is 11.6 Å². The van der Waals surface area contributed by atoms with Crippen molar-refractivity contribution in [2.75, 3.05) is 30.4 Å². The molecular formula is C25H32N6. The number of aryl methyl sites for hydroxylation is 1. The third kappa shape index (κ3) is 4.12. The molecule has 2 aromatic rings. The van der Waals surface area contributed by atoms with Crippen LogP contribution in [-0.4, -0.2) is 47.1 Å². The first-order chi connectivity index (χ1) is 15.1. The normalized spacial score (nSPS) is 23.6. The molecule has 0 amide bonds. The Balaban J connectivity index is 1.37. The largest absolute Gasteiger partial charge is 0.355 e. The summed E-state index contributed by atoms with van der Waals surface area (Å²) >= 11 is 0. The van der Waals surface area contributed by atoms with E-state index in [1.807, 2.05) is 18.3 Å². The third-order valence-electron chi connectivity index (χ3n) is 7.28. The second-order valence-electron chi connectivity index (χ2n) is 9.43. The Labute approximate surface area is 185 Å². The lowest BCUT2D eigenvalue weighted by molar-refractivity contribution is 0.0893. The molecule has 2 saturated heterocycles. The number of rotatable bonds is 5. The van der Waals surface area contributed by atoms with Crippen molar-refractivity contribution in [2.45, 2.75) is 69.9 Å². The first-order valence-electron chi connectivity index (χ1n) is 11.8. The molecule has 6 heteroatoms. The van der Waals surface area contributed by atoms with Crippen LogP contribution in [0.5, 0.6) is 0 Å². The molecule has 0 unspecified atom stereocenters. The molecule has 2 aliphatic heterocycles. The molecule has 1 aromatic heterocycles. The lowest BCUT2D eigenvalue weighted by atomic mass is 9.88. The fourth-order valence-corrected chi connectivity index (χ4v) is 5.50. The number of hydrogen-bond donors (Lipinski definition) is 1. The highest BCUT2D eigenvalue weighted by Gasteiger charge is 2.36. The van der Waals surface area contributed by atoms with Crippen molar-refractivity contribution in [2.24, 2.45) is 0 Å². The van der Waals surface area contributed by atoms with Gasteiger partial charge in [-0.2, -0.15) is 10.2 Å². The fourth-order valence-electron chi connectivity index (χ4n) is 5.50. The molecule has 1 aromatic carbocycles. The van der Waals surface area contributed by atoms with Crippen LogP contribution in [0.4, 0.5) is 17.5 Å². The lowest BCUT2D eigenvalue weighted by Gasteiger charge is -2.47. The van der Waals surface area contributed by atoms with Crippen LogP contribution in [-0.2, 0) is 0 Å². The zero-order valence-corrected chi connectivity index (χ0v) is 18.6. The molecule has 1 aliphatic carbocycles. The summed E-state index contributed by atoms with van der Waals surface area (Å²) in [7, 11) is 2.19. The molecule has 1 N–H and O–H groups in total. The highest BCUT2D eigenvalue weighted by atomic mass is 15.3. The molecule has 5 rings (SSSR count). The van der Waals surface area contributed by atoms with Crippen LogP contribution in [0.2, 0.25) is 0 Å². The van der Waals surface area contributed by atoms with Gasteiger partial charge in [-0.25, -0.2) is 4.98 Å². The second-order valence-corrected chi connectivity index (χ2v) is 9.43. The van der Waals surface area contributed by atoms with E-state index in [4.69, 9.17) is 4.98 Å². The average molecular weight is 417 g/mol. The number of nitrogens with one attached hydrogen (secondary N) is 1. The number of anilines is 3. The van der Waals surface area contributed by atoms with Crippen LogP contribution in [0.3, 0.4) is 0 Å². The monoisotopic (exact) mass is 416 g/mol. The van der Waals surface area contributed by atoms with Crippen molar-refractivity contribution in [3.05, 3.63) is 41.1 Å². The zero-order chi connectivity index (χ0) is 21.4. The fraction of sp³-hybridized carbons (Fsp3) is 0.560. The highest BCUT2D eigenvalue weighted by molar-refractivity contribution is 5.61. The maximum absolute atomic E-state index is 9.56. The number of nitrogens with zero attached hydrogens (tertiary/aromatic N) is 5. The molecule has 0 bridgehead atoms. The Morgan fingerprint density at radius 1 is 1.13 bits per heavy atom. The van der Waals surface area contributed by atoms with Crippen molar-refractivity contribution in [3.8, 4) is 6.07 Å². The quantitative estimate of drug-likeness (QED) is 0.760. The topological polar surface area (TPSA) is 68.1 Å². The molecule has 2 atom stereocenters. The molecule has 3 aliphatic rings. The van der Waals surface area contributed by atoms with E-state index in [2.05, 4.69) is 46.2 Å². The summed E-state index contributed by atoms with van der Waals surface area (Å²) in [6.45, 7) is 4.57. The molecule has 0 radical (unpaired) electrons. The molecule has 162 valence electrons. The minimum atomic E-state index is 0.499. The lowest BCUT2D eigenvalue weighted by Crippen LogP contribution is -2.56. The van der Waals surface area contributed by atoms with Crippen LogP contribution in [0, 0.1) is 18.3 Å². The van der Waals surface area contributed by atoms with Crippen molar-refractivity contribution in [1.29, 1.82) is 5.26 Å². The predicted molar refractivity (Wildman–Crippen MR) is 124 cm³/mol. The Hall–Kier alpha value is -2.65. The number of aromatic nitrogens is 2. The van der Waals surface area contributed by atoms with E-state index in [-0.39, 0.29) is 0 Å². The molecule has 0 spiro atoms. The van der Waals surface area contributed by atoms with Gasteiger partial charge in [0.15, 0.2) is 0 Å². The summed E-state index contributed by atoms with van der Waals surface area (Å²) in [6, 6.07) is 9.55. The van der Waals surface area contributed by atoms with Crippen LogP contribution < -0.4 is 10.2 Å². The van der Waals surface area contributed by atoms with E-state index in [1.54, 1.807) is 0 Å². The molecule has 3 fully saturated rings. The number of nitriles is 1. The molecular weight excluding hydrogens is 384 g/mol. The summed E-state index contributed by atoms with van der Waals surface area (Å²) in [5, 5.41) is 12.9. The van der Waals surface area contributed by atoms with Gasteiger partial charge in [-0.15, -0.1) is 0 Å². The van der Waals surface area contributed by atoms with Crippen molar-refractivity contribution in [3.63, 3.8) is 0 Å². The molecule has 31 heavy (non-hydrogen) atoms. The number of fused-ring (bicyclic) bond motifs is 1. The van der Waals surface area contributed by atoms with Gasteiger partial charge in [-0.3, -0.25) is 4.90 Å². The van der Waals surface area contributed by atoms with Gasteiger partial charge >= 0.3 is 0 Å². The summed E-state index contributed by atoms with van der Waals surface area (Å²) in [6.07, 6.45) is 10.7. The van der Waals surface area contributed by atoms with Gasteiger partial charge in [0, 0.05) is 36.6 Å². The number of hydrogen-bond acceptors (Lipinski definition) is 6. The van der Waals surface area contributed by atoms with E-state index < -0.39 is 0 Å². The Kier molecular flexibility index (Phi) is 5.54. The van der Waals surface area contributed by atoms with Crippen LogP contribution in [0.1, 0.15) is 67.6 Å². The van der Waals surface area contributed by atoms with Gasteiger partial charge in [-0.1, -0.05) is 12.5 Å². The van der Waals surface area contributed by atoms with Crippen molar-refractivity contribution >= 4 is 17.5 Å². The minimum absolute atomic E-state index is 0.499. The first-order valence-corrected chi connectivity index (χ1v) is 11.8. The number of piperidine rings is 2. The van der Waals surface area contributed by atoms with Crippen molar-refractivity contribution < 1.29 is 0 Å². The van der Waals surface area contributed by atoms with Gasteiger partial charge in [-0.05, 0) is 82.2 Å². The molecule has 6 nitrogen and oxygen atoms in total. The van der Waals surface area contributed by atoms with E-state index in [9.17, 15) is 5.26 Å². The predicted octanol–water partition coefficient (Wildman–Crippen LogP) is 4.73. The highest BCUT2D eigenvalue weighted by Crippen LogP contribution is 2.42. The SMILES string of the molecule is Cc1cnc(Nc2ccc(C3CC3)c(C#N)c2)nc1N(C)[C@H]1CCCN2CCCC[C@H]12. The molecule has 3 heterocycles. The average Bonchev–Trinajstić information content (AvgIpc) is 3.65. The Morgan fingerprint density at radius 2 is 1.97 bits per heavy atom. The Bertz CT molecular complexity index is 990. The summed E-state index contributed by atoms with van der Waals surface area (Å²) in [5.74, 6) is 2.16. The van der Waals surface area contributed by atoms with Crippen LogP contribution in [0.15, 0.2) is 24.4 Å². The second kappa shape index (κ2) is 8.47. The smallest absolute Gasteiger partial charge is 0.229 e. The zero-order valence-electron chi connectivity index (χ0n) is 18.6. The first kappa shape index (κ1) is 20.3. The third-order valence-corrected chi connectivity index (χ3v) is 7.28. The maximum Gasteiger partial charge on any atom is 0.229 e. The van der Waals surface area contributed by atoms with Gasteiger partial charge in [0.1, 0.15) is 5.82 Å². The summed E-state index contributed by atoms with van der Waals surface area (Å²) in [5.41, 5.74) is 3.90. The standard InChI is InChI=1S/C25H32N6/c1-17-16-27-25(28-20-10-11-21(18-8-9-18)19(14-20)15-26)29-24(17)30(2)22-7-5-13-31-12-4-3-6-23(22)31/h10-11,14,16,18,22-23H,3-9,12-13H2,1-2H3,(H,27,28,29)/t22-,23+/m0/s1. The number of benzene rings is 1. The number of likely N-dealkylation sites (N-methyl/N-ethyl adjacent to an activating group) is 1. The van der Waals surface area contributed by atoms with Gasteiger partial charge in [0.25, 0.3) is 0 Å². The van der Waals surface area contributed by atoms with Gasteiger partial charge < -0.3 is 10.2 Å². The maximum atomic E-state index is 9.56. The summed E-state index contributed by atoms with van der Waals surface area (Å²) < 4.78 is 0.